The van der Waals surface area contributed by atoms with Crippen molar-refractivity contribution in [3.8, 4) is 0 Å². The number of nitrogens with one attached hydrogen (secondary N) is 1. The molecule has 0 amide bonds. The first kappa shape index (κ1) is 14.5. The predicted octanol–water partition coefficient (Wildman–Crippen LogP) is 2.55. The van der Waals surface area contributed by atoms with E-state index in [4.69, 9.17) is 0 Å². The van der Waals surface area contributed by atoms with Crippen LogP contribution in [0.4, 0.5) is 19.0 Å². The molecule has 0 radical (unpaired) electrons. The largest absolute Gasteiger partial charge is 0.481 e. The molecule has 0 atom stereocenters. The molecule has 5 nitrogen and oxygen atoms in total. The van der Waals surface area contributed by atoms with Gasteiger partial charge in [0.25, 0.3) is 0 Å². The molecule has 0 saturated heterocycles. The van der Waals surface area contributed by atoms with Crippen molar-refractivity contribution in [2.75, 3.05) is 11.9 Å². The minimum Gasteiger partial charge on any atom is -0.481 e. The standard InChI is InChI=1S/C12H14F3N3O2/c13-12(14,15)8-3-4-9(18-17-8)16-7-11(10(19)20)5-1-2-6-11/h3-4H,1-2,5-7H2,(H,16,18)(H,19,20). The van der Waals surface area contributed by atoms with E-state index in [-0.39, 0.29) is 12.4 Å². The Labute approximate surface area is 113 Å². The summed E-state index contributed by atoms with van der Waals surface area (Å²) in [6.07, 6.45) is -1.73. The topological polar surface area (TPSA) is 75.1 Å². The highest BCUT2D eigenvalue weighted by Crippen LogP contribution is 2.38. The monoisotopic (exact) mass is 289 g/mol. The molecule has 2 N–H and O–H groups in total. The third-order valence-corrected chi connectivity index (χ3v) is 3.58. The Morgan fingerprint density at radius 1 is 1.30 bits per heavy atom. The number of aromatic nitrogens is 2. The molecule has 0 bridgehead atoms. The van der Waals surface area contributed by atoms with Crippen LogP contribution in [0.15, 0.2) is 12.1 Å². The van der Waals surface area contributed by atoms with Gasteiger partial charge in [-0.15, -0.1) is 10.2 Å². The second-order valence-corrected chi connectivity index (χ2v) is 4.95. The second kappa shape index (κ2) is 5.26. The van der Waals surface area contributed by atoms with Crippen molar-refractivity contribution in [3.63, 3.8) is 0 Å². The Morgan fingerprint density at radius 2 is 1.95 bits per heavy atom. The molecule has 1 aromatic heterocycles. The summed E-state index contributed by atoms with van der Waals surface area (Å²) in [6.45, 7) is 0.141. The molecule has 0 unspecified atom stereocenters. The fourth-order valence-electron chi connectivity index (χ4n) is 2.36. The summed E-state index contributed by atoms with van der Waals surface area (Å²) in [6, 6.07) is 1.97. The highest BCUT2D eigenvalue weighted by Gasteiger charge is 2.41. The number of halogens is 3. The Morgan fingerprint density at radius 3 is 2.40 bits per heavy atom. The van der Waals surface area contributed by atoms with Crippen LogP contribution >= 0.6 is 0 Å². The number of hydrogen-bond acceptors (Lipinski definition) is 4. The molecule has 1 saturated carbocycles. The van der Waals surface area contributed by atoms with Crippen LogP contribution in [-0.2, 0) is 11.0 Å². The second-order valence-electron chi connectivity index (χ2n) is 4.95. The van der Waals surface area contributed by atoms with E-state index in [0.717, 1.165) is 25.0 Å². The van der Waals surface area contributed by atoms with E-state index in [1.165, 1.54) is 0 Å². The normalized spacial score (nSPS) is 17.9. The molecule has 110 valence electrons. The summed E-state index contributed by atoms with van der Waals surface area (Å²) < 4.78 is 37.0. The van der Waals surface area contributed by atoms with Crippen LogP contribution in [0.5, 0.6) is 0 Å². The van der Waals surface area contributed by atoms with Gasteiger partial charge in [-0.25, -0.2) is 0 Å². The number of rotatable bonds is 4. The molecule has 0 aliphatic heterocycles. The zero-order valence-electron chi connectivity index (χ0n) is 10.6. The maximum atomic E-state index is 12.3. The number of nitrogens with zero attached hydrogens (tertiary/aromatic N) is 2. The minimum atomic E-state index is -4.53. The number of carboxylic acids is 1. The Balaban J connectivity index is 2.02. The first-order chi connectivity index (χ1) is 9.33. The third-order valence-electron chi connectivity index (χ3n) is 3.58. The van der Waals surface area contributed by atoms with Crippen molar-refractivity contribution in [2.45, 2.75) is 31.9 Å². The molecule has 0 aromatic carbocycles. The van der Waals surface area contributed by atoms with Gasteiger partial charge in [0.2, 0.25) is 0 Å². The van der Waals surface area contributed by atoms with Crippen LogP contribution in [0.1, 0.15) is 31.4 Å². The summed E-state index contributed by atoms with van der Waals surface area (Å²) in [5, 5.41) is 18.5. The number of anilines is 1. The molecule has 1 aromatic rings. The third kappa shape index (κ3) is 3.00. The van der Waals surface area contributed by atoms with Crippen LogP contribution < -0.4 is 5.32 Å². The van der Waals surface area contributed by atoms with Gasteiger partial charge < -0.3 is 10.4 Å². The molecular weight excluding hydrogens is 275 g/mol. The van der Waals surface area contributed by atoms with Crippen LogP contribution in [0.2, 0.25) is 0 Å². The molecule has 1 heterocycles. The molecular formula is C12H14F3N3O2. The van der Waals surface area contributed by atoms with Crippen molar-refractivity contribution in [1.29, 1.82) is 0 Å². The van der Waals surface area contributed by atoms with E-state index in [1.807, 2.05) is 0 Å². The van der Waals surface area contributed by atoms with E-state index >= 15 is 0 Å². The Hall–Kier alpha value is -1.86. The molecule has 0 spiro atoms. The van der Waals surface area contributed by atoms with Gasteiger partial charge in [-0.05, 0) is 25.0 Å². The maximum absolute atomic E-state index is 12.3. The van der Waals surface area contributed by atoms with Crippen molar-refractivity contribution in [2.24, 2.45) is 5.41 Å². The predicted molar refractivity (Wildman–Crippen MR) is 64.1 cm³/mol. The van der Waals surface area contributed by atoms with Crippen molar-refractivity contribution < 1.29 is 23.1 Å². The first-order valence-electron chi connectivity index (χ1n) is 6.22. The van der Waals surface area contributed by atoms with Gasteiger partial charge in [-0.2, -0.15) is 13.2 Å². The lowest BCUT2D eigenvalue weighted by Gasteiger charge is -2.24. The Bertz CT molecular complexity index is 482. The average Bonchev–Trinajstić information content (AvgIpc) is 2.86. The van der Waals surface area contributed by atoms with Crippen LogP contribution in [-0.4, -0.2) is 27.8 Å². The van der Waals surface area contributed by atoms with E-state index in [2.05, 4.69) is 15.5 Å². The van der Waals surface area contributed by atoms with Crippen LogP contribution in [0, 0.1) is 5.41 Å². The molecule has 1 fully saturated rings. The smallest absolute Gasteiger partial charge is 0.435 e. The van der Waals surface area contributed by atoms with Crippen molar-refractivity contribution in [3.05, 3.63) is 17.8 Å². The highest BCUT2D eigenvalue weighted by molar-refractivity contribution is 5.75. The Kier molecular flexibility index (Phi) is 3.82. The summed E-state index contributed by atoms with van der Waals surface area (Å²) in [4.78, 5) is 11.3. The van der Waals surface area contributed by atoms with Gasteiger partial charge >= 0.3 is 12.1 Å². The zero-order chi connectivity index (χ0) is 14.8. The number of alkyl halides is 3. The number of carboxylic acid groups (broad SMARTS) is 1. The minimum absolute atomic E-state index is 0.141. The molecule has 1 aliphatic carbocycles. The van der Waals surface area contributed by atoms with Gasteiger partial charge in [0.1, 0.15) is 5.82 Å². The van der Waals surface area contributed by atoms with Gasteiger partial charge in [-0.3, -0.25) is 4.79 Å². The van der Waals surface area contributed by atoms with E-state index < -0.39 is 23.3 Å². The highest BCUT2D eigenvalue weighted by atomic mass is 19.4. The van der Waals surface area contributed by atoms with E-state index in [1.54, 1.807) is 0 Å². The molecule has 1 aliphatic rings. The fourth-order valence-corrected chi connectivity index (χ4v) is 2.36. The maximum Gasteiger partial charge on any atom is 0.435 e. The first-order valence-corrected chi connectivity index (χ1v) is 6.22. The van der Waals surface area contributed by atoms with Crippen LogP contribution in [0.3, 0.4) is 0 Å². The lowest BCUT2D eigenvalue weighted by molar-refractivity contribution is -0.147. The quantitative estimate of drug-likeness (QED) is 0.891. The van der Waals surface area contributed by atoms with Crippen molar-refractivity contribution >= 4 is 11.8 Å². The SMILES string of the molecule is O=C(O)C1(CNc2ccc(C(F)(F)F)nn2)CCCC1. The van der Waals surface area contributed by atoms with Crippen LogP contribution in [0.25, 0.3) is 0 Å². The fraction of sp³-hybridized carbons (Fsp3) is 0.583. The molecule has 2 rings (SSSR count). The lowest BCUT2D eigenvalue weighted by Crippen LogP contribution is -2.35. The van der Waals surface area contributed by atoms with Gasteiger partial charge in [0.05, 0.1) is 5.41 Å². The van der Waals surface area contributed by atoms with E-state index in [9.17, 15) is 23.1 Å². The number of hydrogen-bond donors (Lipinski definition) is 2. The van der Waals surface area contributed by atoms with Gasteiger partial charge in [0.15, 0.2) is 5.69 Å². The van der Waals surface area contributed by atoms with Gasteiger partial charge in [-0.1, -0.05) is 12.8 Å². The lowest BCUT2D eigenvalue weighted by atomic mass is 9.86. The summed E-state index contributed by atoms with van der Waals surface area (Å²) in [5.74, 6) is -0.743. The van der Waals surface area contributed by atoms with E-state index in [0.29, 0.717) is 12.8 Å². The molecule has 20 heavy (non-hydrogen) atoms. The summed E-state index contributed by atoms with van der Waals surface area (Å²) in [7, 11) is 0. The summed E-state index contributed by atoms with van der Waals surface area (Å²) >= 11 is 0. The molecule has 8 heteroatoms. The number of carbonyl (C=O) groups is 1. The zero-order valence-corrected chi connectivity index (χ0v) is 10.6. The summed E-state index contributed by atoms with van der Waals surface area (Å²) in [5.41, 5.74) is -1.93. The van der Waals surface area contributed by atoms with Gasteiger partial charge in [0, 0.05) is 6.54 Å². The van der Waals surface area contributed by atoms with Crippen molar-refractivity contribution in [1.82, 2.24) is 10.2 Å². The average molecular weight is 289 g/mol. The number of aliphatic carboxylic acids is 1.